The lowest BCUT2D eigenvalue weighted by Gasteiger charge is -2.37. The van der Waals surface area contributed by atoms with E-state index in [1.807, 2.05) is 52.8 Å². The van der Waals surface area contributed by atoms with Crippen LogP contribution >= 0.6 is 0 Å². The Morgan fingerprint density at radius 2 is 1.89 bits per heavy atom. The lowest BCUT2D eigenvalue weighted by molar-refractivity contribution is -0.139. The first-order chi connectivity index (χ1) is 20.9. The highest BCUT2D eigenvalue weighted by molar-refractivity contribution is 5.89. The van der Waals surface area contributed by atoms with E-state index in [0.29, 0.717) is 23.1 Å². The number of aromatic nitrogens is 2. The van der Waals surface area contributed by atoms with Gasteiger partial charge in [0.25, 0.3) is 0 Å². The molecule has 0 spiro atoms. The molecule has 2 aliphatic carbocycles. The molecule has 2 unspecified atom stereocenters. The highest BCUT2D eigenvalue weighted by Gasteiger charge is 2.49. The second-order valence-corrected chi connectivity index (χ2v) is 14.7. The van der Waals surface area contributed by atoms with E-state index in [1.165, 1.54) is 0 Å². The Labute approximate surface area is 259 Å². The Morgan fingerprint density at radius 1 is 1.11 bits per heavy atom. The summed E-state index contributed by atoms with van der Waals surface area (Å²) in [6.07, 6.45) is 6.69. The summed E-state index contributed by atoms with van der Waals surface area (Å²) in [6.45, 7) is 9.87. The Kier molecular flexibility index (Phi) is 7.99. The topological polar surface area (TPSA) is 120 Å². The molecule has 0 radical (unpaired) electrons. The SMILES string of the molecule is COc1ccc2nc3c(nc2c1)O[C@H]1CN(C(=O)[C@H](C(C)(C)C)NC(=O)O[C@]2(C)CCC[C@H]2CCCC2CC32)[C@H](C=O)[C@@H]1C. The van der Waals surface area contributed by atoms with Crippen molar-refractivity contribution >= 4 is 29.3 Å². The van der Waals surface area contributed by atoms with E-state index in [4.69, 9.17) is 24.2 Å². The zero-order chi connectivity index (χ0) is 31.4. The first-order valence-corrected chi connectivity index (χ1v) is 16.2. The van der Waals surface area contributed by atoms with Crippen LogP contribution in [-0.2, 0) is 14.3 Å². The van der Waals surface area contributed by atoms with E-state index in [-0.39, 0.29) is 30.2 Å². The van der Waals surface area contributed by atoms with E-state index >= 15 is 0 Å². The van der Waals surface area contributed by atoms with E-state index < -0.39 is 35.3 Å². The number of fused-ring (bicyclic) bond motifs is 7. The summed E-state index contributed by atoms with van der Waals surface area (Å²) in [5.74, 6) is 1.51. The number of ether oxygens (including phenoxy) is 3. The molecule has 10 heteroatoms. The molecule has 1 aromatic carbocycles. The molecule has 2 bridgehead atoms. The van der Waals surface area contributed by atoms with Crippen LogP contribution in [0.15, 0.2) is 18.2 Å². The number of nitrogens with one attached hydrogen (secondary N) is 1. The first-order valence-electron chi connectivity index (χ1n) is 16.2. The molecule has 4 aliphatic rings. The Morgan fingerprint density at radius 3 is 2.61 bits per heavy atom. The van der Waals surface area contributed by atoms with Crippen molar-refractivity contribution in [1.82, 2.24) is 20.2 Å². The molecule has 2 aliphatic heterocycles. The van der Waals surface area contributed by atoms with Gasteiger partial charge in [-0.05, 0) is 74.8 Å². The lowest BCUT2D eigenvalue weighted by atomic mass is 9.85. The van der Waals surface area contributed by atoms with Gasteiger partial charge in [-0.25, -0.2) is 14.8 Å². The number of carbonyl (C=O) groups is 3. The average molecular weight is 607 g/mol. The molecule has 1 N–H and O–H groups in total. The molecule has 1 saturated heterocycles. The third-order valence-electron chi connectivity index (χ3n) is 10.6. The molecule has 3 heterocycles. The Bertz CT molecular complexity index is 1440. The molecule has 2 saturated carbocycles. The van der Waals surface area contributed by atoms with Crippen molar-refractivity contribution < 1.29 is 28.6 Å². The Balaban J connectivity index is 1.38. The third-order valence-corrected chi connectivity index (χ3v) is 10.6. The van der Waals surface area contributed by atoms with Crippen LogP contribution in [0.1, 0.15) is 91.2 Å². The van der Waals surface area contributed by atoms with Crippen molar-refractivity contribution in [1.29, 1.82) is 0 Å². The quantitative estimate of drug-likeness (QED) is 0.450. The average Bonchev–Trinajstić information content (AvgIpc) is 3.55. The van der Waals surface area contributed by atoms with Crippen molar-refractivity contribution in [3.8, 4) is 11.6 Å². The molecule has 6 rings (SSSR count). The molecular weight excluding hydrogens is 560 g/mol. The summed E-state index contributed by atoms with van der Waals surface area (Å²) < 4.78 is 18.2. The summed E-state index contributed by atoms with van der Waals surface area (Å²) in [5, 5.41) is 2.91. The van der Waals surface area contributed by atoms with Crippen LogP contribution in [0.25, 0.3) is 11.0 Å². The number of hydrogen-bond donors (Lipinski definition) is 1. The highest BCUT2D eigenvalue weighted by Crippen LogP contribution is 2.53. The molecule has 238 valence electrons. The fourth-order valence-electron chi connectivity index (χ4n) is 7.69. The van der Waals surface area contributed by atoms with Gasteiger partial charge in [0.15, 0.2) is 0 Å². The minimum atomic E-state index is -0.888. The monoisotopic (exact) mass is 606 g/mol. The fourth-order valence-corrected chi connectivity index (χ4v) is 7.69. The number of alkyl carbamates (subject to hydrolysis) is 1. The number of methoxy groups -OCH3 is 1. The summed E-state index contributed by atoms with van der Waals surface area (Å²) >= 11 is 0. The van der Waals surface area contributed by atoms with Crippen LogP contribution in [0, 0.1) is 23.2 Å². The lowest BCUT2D eigenvalue weighted by Crippen LogP contribution is -2.57. The van der Waals surface area contributed by atoms with Gasteiger partial charge in [-0.15, -0.1) is 0 Å². The van der Waals surface area contributed by atoms with Crippen LogP contribution in [-0.4, -0.2) is 70.6 Å². The normalized spacial score (nSPS) is 34.4. The molecular formula is C34H46N4O6. The number of hydrogen-bond acceptors (Lipinski definition) is 8. The number of benzene rings is 1. The Hall–Kier alpha value is -3.43. The largest absolute Gasteiger partial charge is 0.497 e. The maximum Gasteiger partial charge on any atom is 0.408 e. The highest BCUT2D eigenvalue weighted by atomic mass is 16.6. The van der Waals surface area contributed by atoms with Crippen LogP contribution in [0.4, 0.5) is 4.79 Å². The van der Waals surface area contributed by atoms with Crippen molar-refractivity contribution in [2.45, 2.75) is 109 Å². The van der Waals surface area contributed by atoms with E-state index in [2.05, 4.69) is 5.32 Å². The van der Waals surface area contributed by atoms with Gasteiger partial charge in [0.2, 0.25) is 11.8 Å². The van der Waals surface area contributed by atoms with Crippen molar-refractivity contribution in [2.24, 2.45) is 23.2 Å². The molecule has 2 amide bonds. The summed E-state index contributed by atoms with van der Waals surface area (Å²) in [7, 11) is 1.62. The van der Waals surface area contributed by atoms with E-state index in [1.54, 1.807) is 12.0 Å². The predicted molar refractivity (Wildman–Crippen MR) is 165 cm³/mol. The molecule has 3 fully saturated rings. The fraction of sp³-hybridized carbons (Fsp3) is 0.676. The van der Waals surface area contributed by atoms with E-state index in [9.17, 15) is 14.4 Å². The standard InChI is InChI=1S/C34H46N4O6/c1-19-26(18-39)38-17-27(19)43-30-28(35-24-13-12-22(42-6)16-25(24)36-30)23-15-20(23)9-7-10-21-11-8-14-34(21,5)44-32(41)37-29(31(38)40)33(2,3)4/h12-13,16,18-21,23,26-27,29H,7-11,14-15,17H2,1-6H3,(H,37,41)/t19-,20?,21+,23?,26+,27-,29+,34+/m0/s1. The molecule has 10 nitrogen and oxygen atoms in total. The minimum Gasteiger partial charge on any atom is -0.497 e. The van der Waals surface area contributed by atoms with Crippen molar-refractivity contribution in [3.05, 3.63) is 23.9 Å². The van der Waals surface area contributed by atoms with Crippen molar-refractivity contribution in [3.63, 3.8) is 0 Å². The van der Waals surface area contributed by atoms with Gasteiger partial charge < -0.3 is 29.2 Å². The number of nitrogens with zero attached hydrogens (tertiary/aromatic N) is 3. The number of amides is 2. The third kappa shape index (κ3) is 5.72. The maximum atomic E-state index is 14.2. The summed E-state index contributed by atoms with van der Waals surface area (Å²) in [5.41, 5.74) is 1.10. The van der Waals surface area contributed by atoms with Gasteiger partial charge in [-0.2, -0.15) is 0 Å². The molecule has 8 atom stereocenters. The number of aldehydes is 1. The predicted octanol–water partition coefficient (Wildman–Crippen LogP) is 5.42. The van der Waals surface area contributed by atoms with Gasteiger partial charge in [0.1, 0.15) is 35.5 Å². The second-order valence-electron chi connectivity index (χ2n) is 14.7. The molecule has 2 aromatic rings. The summed E-state index contributed by atoms with van der Waals surface area (Å²) in [6, 6.07) is 4.06. The van der Waals surface area contributed by atoms with Gasteiger partial charge in [0.05, 0.1) is 30.7 Å². The smallest absolute Gasteiger partial charge is 0.408 e. The van der Waals surface area contributed by atoms with Gasteiger partial charge in [-0.1, -0.05) is 34.1 Å². The van der Waals surface area contributed by atoms with Crippen LogP contribution in [0.5, 0.6) is 11.6 Å². The van der Waals surface area contributed by atoms with Crippen molar-refractivity contribution in [2.75, 3.05) is 13.7 Å². The minimum absolute atomic E-state index is 0.192. The van der Waals surface area contributed by atoms with Gasteiger partial charge in [-0.3, -0.25) is 4.79 Å². The van der Waals surface area contributed by atoms with E-state index in [0.717, 1.165) is 62.4 Å². The number of rotatable bonds is 2. The zero-order valence-corrected chi connectivity index (χ0v) is 26.8. The zero-order valence-electron chi connectivity index (χ0n) is 26.8. The second kappa shape index (κ2) is 11.5. The first kappa shape index (κ1) is 30.6. The van der Waals surface area contributed by atoms with Crippen LogP contribution < -0.4 is 14.8 Å². The number of carbonyl (C=O) groups excluding carboxylic acids is 3. The van der Waals surface area contributed by atoms with Gasteiger partial charge >= 0.3 is 6.09 Å². The van der Waals surface area contributed by atoms with Crippen LogP contribution in [0.3, 0.4) is 0 Å². The van der Waals surface area contributed by atoms with Gasteiger partial charge in [0, 0.05) is 17.9 Å². The maximum absolute atomic E-state index is 14.2. The molecule has 44 heavy (non-hydrogen) atoms. The molecule has 1 aromatic heterocycles. The summed E-state index contributed by atoms with van der Waals surface area (Å²) in [4.78, 5) is 51.5. The van der Waals surface area contributed by atoms with Crippen LogP contribution in [0.2, 0.25) is 0 Å².